The van der Waals surface area contributed by atoms with E-state index in [0.717, 1.165) is 0 Å². The van der Waals surface area contributed by atoms with Gasteiger partial charge in [0.1, 0.15) is 0 Å². The Morgan fingerprint density at radius 1 is 1.00 bits per heavy atom. The van der Waals surface area contributed by atoms with Crippen molar-refractivity contribution in [2.45, 2.75) is 7.43 Å². The van der Waals surface area contributed by atoms with Crippen molar-refractivity contribution >= 4 is 19.4 Å². The van der Waals surface area contributed by atoms with Crippen molar-refractivity contribution in [3.8, 4) is 0 Å². The van der Waals surface area contributed by atoms with E-state index in [1.165, 1.54) is 0 Å². The number of hydrogen-bond acceptors (Lipinski definition) is 0. The van der Waals surface area contributed by atoms with Crippen LogP contribution < -0.4 is 0 Å². The van der Waals surface area contributed by atoms with E-state index in [-0.39, 0.29) is 48.5 Å². The zero-order valence-electron chi connectivity index (χ0n) is 1.08. The molecule has 0 saturated heterocycles. The van der Waals surface area contributed by atoms with Crippen LogP contribution >= 0.6 is 0 Å². The minimum Gasteiger partial charge on any atom is -0.0776 e. The van der Waals surface area contributed by atoms with Crippen LogP contribution in [0.1, 0.15) is 7.43 Å². The van der Waals surface area contributed by atoms with Gasteiger partial charge >= 0.3 is 0 Å². The summed E-state index contributed by atoms with van der Waals surface area (Å²) in [6, 6.07) is 0. The van der Waals surface area contributed by atoms with Crippen LogP contribution in [0.15, 0.2) is 0 Å². The molecule has 23 valence electrons. The molecule has 0 spiro atoms. The van der Waals surface area contributed by atoms with E-state index >= 15 is 0 Å². The van der Waals surface area contributed by atoms with Gasteiger partial charge in [0, 0.05) is 30.1 Å². The molecule has 0 aliphatic rings. The summed E-state index contributed by atoms with van der Waals surface area (Å²) < 4.78 is 0. The van der Waals surface area contributed by atoms with Gasteiger partial charge in [-0.25, -0.2) is 0 Å². The fraction of sp³-hybridized carbons (Fsp3) is 1.00. The second-order valence-electron chi connectivity index (χ2n) is 0. The minimum atomic E-state index is 0. The number of rotatable bonds is 0. The van der Waals surface area contributed by atoms with Crippen LogP contribution in [-0.4, -0.2) is 19.4 Å². The van der Waals surface area contributed by atoms with Crippen LogP contribution in [0.4, 0.5) is 0 Å². The van der Waals surface area contributed by atoms with Gasteiger partial charge in [0.2, 0.25) is 0 Å². The van der Waals surface area contributed by atoms with Crippen molar-refractivity contribution in [1.82, 2.24) is 0 Å². The summed E-state index contributed by atoms with van der Waals surface area (Å²) in [5, 5.41) is 0. The molecular formula is CH8BSiTi. The first kappa shape index (κ1) is 80.4. The van der Waals surface area contributed by atoms with Gasteiger partial charge in [-0.2, -0.15) is 0 Å². The van der Waals surface area contributed by atoms with Crippen LogP contribution in [0.2, 0.25) is 0 Å². The smallest absolute Gasteiger partial charge is 0 e. The average Bonchev–Trinajstić information content (AvgIpc) is 0. The van der Waals surface area contributed by atoms with E-state index in [9.17, 15) is 0 Å². The molecule has 0 bridgehead atoms. The Hall–Kier alpha value is 0.996. The maximum absolute atomic E-state index is 0. The Balaban J connectivity index is 0. The third-order valence-corrected chi connectivity index (χ3v) is 0. The number of hydrogen-bond donors (Lipinski definition) is 0. The summed E-state index contributed by atoms with van der Waals surface area (Å²) in [4.78, 5) is 0. The van der Waals surface area contributed by atoms with Crippen LogP contribution in [0.3, 0.4) is 0 Å². The molecule has 0 aliphatic carbocycles. The largest absolute Gasteiger partial charge is 0.0776 e. The monoisotopic (exact) mass is 107 g/mol. The molecule has 0 unspecified atom stereocenters. The summed E-state index contributed by atoms with van der Waals surface area (Å²) in [5.74, 6) is 0. The van der Waals surface area contributed by atoms with Crippen LogP contribution in [0, 0.1) is 0 Å². The molecule has 0 rings (SSSR count). The molecule has 0 aromatic carbocycles. The first-order valence-electron chi connectivity index (χ1n) is 0. The van der Waals surface area contributed by atoms with E-state index in [1.54, 1.807) is 0 Å². The average molecular weight is 107 g/mol. The molecule has 0 N–H and O–H groups in total. The molecule has 0 nitrogen and oxygen atoms in total. The second kappa shape index (κ2) is 36.2. The molecule has 3 heteroatoms. The maximum atomic E-state index is 0. The maximum Gasteiger partial charge on any atom is 0 e. The van der Waals surface area contributed by atoms with E-state index in [1.807, 2.05) is 0 Å². The Morgan fingerprint density at radius 3 is 1.00 bits per heavy atom. The molecule has 0 aromatic heterocycles. The summed E-state index contributed by atoms with van der Waals surface area (Å²) >= 11 is 0. The molecule has 0 aromatic rings. The van der Waals surface area contributed by atoms with Crippen molar-refractivity contribution in [2.24, 2.45) is 0 Å². The van der Waals surface area contributed by atoms with Gasteiger partial charge in [-0.05, 0) is 11.0 Å². The van der Waals surface area contributed by atoms with Crippen molar-refractivity contribution in [3.63, 3.8) is 0 Å². The van der Waals surface area contributed by atoms with E-state index in [4.69, 9.17) is 0 Å². The van der Waals surface area contributed by atoms with Crippen LogP contribution in [-0.2, 0) is 21.7 Å². The van der Waals surface area contributed by atoms with E-state index < -0.39 is 0 Å². The molecular weight excluding hydrogens is 98.8 g/mol. The standard InChI is InChI=1S/CH4.B.H4Si.Ti/h1H4;;1H4;. The normalized spacial score (nSPS) is 0. The Kier molecular flexibility index (Phi) is 727. The molecule has 0 atom stereocenters. The van der Waals surface area contributed by atoms with Gasteiger partial charge in [0.15, 0.2) is 0 Å². The van der Waals surface area contributed by atoms with Gasteiger partial charge in [-0.1, -0.05) is 7.43 Å². The van der Waals surface area contributed by atoms with E-state index in [0.29, 0.717) is 0 Å². The summed E-state index contributed by atoms with van der Waals surface area (Å²) in [6.45, 7) is 0. The third-order valence-electron chi connectivity index (χ3n) is 0. The van der Waals surface area contributed by atoms with Gasteiger partial charge < -0.3 is 0 Å². The third kappa shape index (κ3) is 12.0. The zero-order chi connectivity index (χ0) is 0. The summed E-state index contributed by atoms with van der Waals surface area (Å²) in [7, 11) is 0. The van der Waals surface area contributed by atoms with Crippen molar-refractivity contribution in [1.29, 1.82) is 0 Å². The Bertz CT molecular complexity index is 8.00. The van der Waals surface area contributed by atoms with Crippen molar-refractivity contribution in [2.75, 3.05) is 0 Å². The SMILES string of the molecule is C.[B].[SiH4].[Ti]. The molecule has 0 aliphatic heterocycles. The summed E-state index contributed by atoms with van der Waals surface area (Å²) in [5.41, 5.74) is 0. The zero-order valence-corrected chi connectivity index (χ0v) is 2.64. The van der Waals surface area contributed by atoms with Gasteiger partial charge in [0.05, 0.1) is 0 Å². The van der Waals surface area contributed by atoms with Crippen LogP contribution in [0.5, 0.6) is 0 Å². The molecule has 0 saturated carbocycles. The Labute approximate surface area is 48.8 Å². The predicted molar refractivity (Wildman–Crippen MR) is 23.8 cm³/mol. The first-order valence-corrected chi connectivity index (χ1v) is 0. The molecule has 0 fully saturated rings. The van der Waals surface area contributed by atoms with Gasteiger partial charge in [0.25, 0.3) is 0 Å². The quantitative estimate of drug-likeness (QED) is 0.341. The fourth-order valence-electron chi connectivity index (χ4n) is 0. The molecule has 0 amide bonds. The summed E-state index contributed by atoms with van der Waals surface area (Å²) in [6.07, 6.45) is 0. The van der Waals surface area contributed by atoms with Crippen LogP contribution in [0.25, 0.3) is 0 Å². The van der Waals surface area contributed by atoms with Gasteiger partial charge in [-0.15, -0.1) is 0 Å². The van der Waals surface area contributed by atoms with Crippen molar-refractivity contribution < 1.29 is 21.7 Å². The Morgan fingerprint density at radius 2 is 1.00 bits per heavy atom. The first-order chi connectivity index (χ1) is 0. The predicted octanol–water partition coefficient (Wildman–Crippen LogP) is -1.20. The second-order valence-corrected chi connectivity index (χ2v) is 0. The van der Waals surface area contributed by atoms with E-state index in [2.05, 4.69) is 0 Å². The van der Waals surface area contributed by atoms with Crippen molar-refractivity contribution in [3.05, 3.63) is 0 Å². The minimum absolute atomic E-state index is 0. The van der Waals surface area contributed by atoms with Gasteiger partial charge in [-0.3, -0.25) is 0 Å². The topological polar surface area (TPSA) is 0 Å². The molecule has 3 radical (unpaired) electrons. The molecule has 4 heavy (non-hydrogen) atoms. The molecule has 0 heterocycles. The fourth-order valence-corrected chi connectivity index (χ4v) is 0.